The predicted octanol–water partition coefficient (Wildman–Crippen LogP) is 8.07. The lowest BCUT2D eigenvalue weighted by molar-refractivity contribution is 0.102. The zero-order valence-corrected chi connectivity index (χ0v) is 25.2. The van der Waals surface area contributed by atoms with Gasteiger partial charge in [-0.25, -0.2) is 24.3 Å². The summed E-state index contributed by atoms with van der Waals surface area (Å²) in [6.07, 6.45) is 5.58. The van der Waals surface area contributed by atoms with E-state index in [9.17, 15) is 9.18 Å². The fourth-order valence-electron chi connectivity index (χ4n) is 4.50. The van der Waals surface area contributed by atoms with Crippen molar-refractivity contribution in [3.8, 4) is 22.3 Å². The Labute approximate surface area is 265 Å². The highest BCUT2D eigenvalue weighted by Crippen LogP contribution is 2.33. The van der Waals surface area contributed by atoms with Crippen molar-refractivity contribution < 1.29 is 18.0 Å². The number of halogens is 3. The third-order valence-electron chi connectivity index (χ3n) is 6.60. The monoisotopic (exact) mass is 641 g/mol. The molecule has 1 amide bonds. The van der Waals surface area contributed by atoms with Crippen molar-refractivity contribution in [2.45, 2.75) is 13.8 Å². The maximum absolute atomic E-state index is 13.6. The van der Waals surface area contributed by atoms with E-state index in [0.717, 1.165) is 34.0 Å². The van der Waals surface area contributed by atoms with Crippen LogP contribution in [0.2, 0.25) is 10.0 Å². The number of nitrogens with two attached hydrogens (primary N) is 1. The number of rotatable bonds is 4. The van der Waals surface area contributed by atoms with Crippen LogP contribution in [0.4, 0.5) is 16.0 Å². The van der Waals surface area contributed by atoms with Crippen molar-refractivity contribution in [3.63, 3.8) is 0 Å². The predicted molar refractivity (Wildman–Crippen MR) is 171 cm³/mol. The molecule has 0 saturated heterocycles. The number of nitrogens with zero attached hydrogens (tertiary/aromatic N) is 5. The van der Waals surface area contributed by atoms with E-state index in [0.29, 0.717) is 44.3 Å². The highest BCUT2D eigenvalue weighted by atomic mass is 35.5. The zero-order chi connectivity index (χ0) is 31.7. The standard InChI is InChI=1S/C19H12ClFN4O2.C13H10ClN3O/c1-10-24-16-7-14(20)13(6-17(16)27-10)11-2-3-18(23-8-11)25-19(26)12-4-5-22-9-15(12)21;1-7-17-11-5-10(14)9(4-12(11)18-7)8-2-3-13(15)16-6-8/h2-9H,1H3,(H,23,25,26);2-6H,1H3,(H2,15,16). The van der Waals surface area contributed by atoms with E-state index in [1.807, 2.05) is 12.1 Å². The first-order valence-corrected chi connectivity index (χ1v) is 14.1. The quantitative estimate of drug-likeness (QED) is 0.195. The van der Waals surface area contributed by atoms with E-state index in [1.165, 1.54) is 12.3 Å². The van der Waals surface area contributed by atoms with E-state index in [2.05, 4.69) is 30.2 Å². The maximum atomic E-state index is 13.6. The van der Waals surface area contributed by atoms with Gasteiger partial charge in [-0.2, -0.15) is 0 Å². The number of aromatic nitrogens is 5. The number of aryl methyl sites for hydroxylation is 2. The molecule has 0 radical (unpaired) electrons. The van der Waals surface area contributed by atoms with E-state index in [-0.39, 0.29) is 11.4 Å². The number of carbonyl (C=O) groups excluding carboxylic acids is 1. The lowest BCUT2D eigenvalue weighted by Gasteiger charge is -2.07. The fourth-order valence-corrected chi connectivity index (χ4v) is 5.04. The molecule has 5 aromatic heterocycles. The average Bonchev–Trinajstić information content (AvgIpc) is 3.57. The molecule has 45 heavy (non-hydrogen) atoms. The smallest absolute Gasteiger partial charge is 0.259 e. The number of pyridine rings is 3. The summed E-state index contributed by atoms with van der Waals surface area (Å²) in [6.45, 7) is 3.57. The molecule has 7 aromatic rings. The topological polar surface area (TPSA) is 146 Å². The molecule has 224 valence electrons. The van der Waals surface area contributed by atoms with Crippen LogP contribution >= 0.6 is 23.2 Å². The third-order valence-corrected chi connectivity index (χ3v) is 7.22. The second-order valence-electron chi connectivity index (χ2n) is 9.78. The highest BCUT2D eigenvalue weighted by molar-refractivity contribution is 6.34. The van der Waals surface area contributed by atoms with Gasteiger partial charge in [-0.1, -0.05) is 23.2 Å². The van der Waals surface area contributed by atoms with E-state index >= 15 is 0 Å². The number of fused-ring (bicyclic) bond motifs is 2. The lowest BCUT2D eigenvalue weighted by atomic mass is 10.1. The van der Waals surface area contributed by atoms with Crippen molar-refractivity contribution in [1.82, 2.24) is 24.9 Å². The second-order valence-corrected chi connectivity index (χ2v) is 10.6. The highest BCUT2D eigenvalue weighted by Gasteiger charge is 2.14. The lowest BCUT2D eigenvalue weighted by Crippen LogP contribution is -2.14. The van der Waals surface area contributed by atoms with Gasteiger partial charge in [0, 0.05) is 54.7 Å². The van der Waals surface area contributed by atoms with Gasteiger partial charge in [-0.15, -0.1) is 0 Å². The first-order valence-electron chi connectivity index (χ1n) is 13.4. The first-order chi connectivity index (χ1) is 21.6. The Bertz CT molecular complexity index is 2180. The molecule has 13 heteroatoms. The van der Waals surface area contributed by atoms with Crippen molar-refractivity contribution in [3.05, 3.63) is 113 Å². The van der Waals surface area contributed by atoms with Gasteiger partial charge in [-0.05, 0) is 54.6 Å². The minimum Gasteiger partial charge on any atom is -0.441 e. The van der Waals surface area contributed by atoms with Crippen molar-refractivity contribution in [2.24, 2.45) is 0 Å². The van der Waals surface area contributed by atoms with Crippen molar-refractivity contribution in [1.29, 1.82) is 0 Å². The number of amides is 1. The van der Waals surface area contributed by atoms with Crippen LogP contribution in [-0.2, 0) is 0 Å². The number of hydrogen-bond donors (Lipinski definition) is 2. The van der Waals surface area contributed by atoms with Crippen LogP contribution in [0.25, 0.3) is 44.5 Å². The van der Waals surface area contributed by atoms with Crippen molar-refractivity contribution >= 4 is 62.9 Å². The number of nitrogen functional groups attached to an aromatic ring is 1. The Morgan fingerprint density at radius 3 is 1.89 bits per heavy atom. The Kier molecular flexibility index (Phi) is 8.12. The maximum Gasteiger partial charge on any atom is 0.259 e. The van der Waals surface area contributed by atoms with Gasteiger partial charge in [0.1, 0.15) is 22.7 Å². The summed E-state index contributed by atoms with van der Waals surface area (Å²) < 4.78 is 24.7. The largest absolute Gasteiger partial charge is 0.441 e. The van der Waals surface area contributed by atoms with Gasteiger partial charge in [0.2, 0.25) is 0 Å². The summed E-state index contributed by atoms with van der Waals surface area (Å²) in [5.74, 6) is 0.631. The van der Waals surface area contributed by atoms with Crippen molar-refractivity contribution in [2.75, 3.05) is 11.1 Å². The number of hydrogen-bond acceptors (Lipinski definition) is 9. The summed E-state index contributed by atoms with van der Waals surface area (Å²) in [7, 11) is 0. The Morgan fingerprint density at radius 1 is 0.800 bits per heavy atom. The molecule has 2 aromatic carbocycles. The minimum atomic E-state index is -0.700. The van der Waals surface area contributed by atoms with Gasteiger partial charge in [-0.3, -0.25) is 9.78 Å². The average molecular weight is 642 g/mol. The summed E-state index contributed by atoms with van der Waals surface area (Å²) in [4.78, 5) is 32.5. The summed E-state index contributed by atoms with van der Waals surface area (Å²) in [5.41, 5.74) is 11.4. The van der Waals surface area contributed by atoms with Crippen LogP contribution in [0.1, 0.15) is 22.1 Å². The Hall–Kier alpha value is -5.39. The Morgan fingerprint density at radius 2 is 1.38 bits per heavy atom. The van der Waals surface area contributed by atoms with Crippen LogP contribution in [0, 0.1) is 19.7 Å². The number of nitrogens with one attached hydrogen (secondary N) is 1. The second kappa shape index (κ2) is 12.3. The molecule has 0 aliphatic rings. The van der Waals surface area contributed by atoms with Crippen LogP contribution in [0.5, 0.6) is 0 Å². The van der Waals surface area contributed by atoms with Gasteiger partial charge in [0.15, 0.2) is 28.8 Å². The molecule has 0 spiro atoms. The molecule has 7 rings (SSSR count). The molecular weight excluding hydrogens is 620 g/mol. The number of benzene rings is 2. The SMILES string of the molecule is Cc1nc2cc(Cl)c(-c3ccc(N)nc3)cc2o1.Cc1nc2cc(Cl)c(-c3ccc(NC(=O)c4ccncc4F)nc3)cc2o1. The van der Waals surface area contributed by atoms with Crippen LogP contribution in [-0.4, -0.2) is 30.8 Å². The third kappa shape index (κ3) is 6.44. The molecular formula is C32H22Cl2FN7O3. The molecule has 0 aliphatic carbocycles. The molecule has 3 N–H and O–H groups in total. The van der Waals surface area contributed by atoms with Gasteiger partial charge >= 0.3 is 0 Å². The van der Waals surface area contributed by atoms with E-state index < -0.39 is 11.7 Å². The van der Waals surface area contributed by atoms with Crippen LogP contribution in [0.3, 0.4) is 0 Å². The molecule has 0 bridgehead atoms. The molecule has 0 saturated carbocycles. The summed E-state index contributed by atoms with van der Waals surface area (Å²) >= 11 is 12.6. The molecule has 0 unspecified atom stereocenters. The Balaban J connectivity index is 0.000000172. The first kappa shape index (κ1) is 29.7. The van der Waals surface area contributed by atoms with E-state index in [4.69, 9.17) is 37.8 Å². The molecule has 0 fully saturated rings. The van der Waals surface area contributed by atoms with Crippen LogP contribution in [0.15, 0.2) is 88.2 Å². The minimum absolute atomic E-state index is 0.106. The van der Waals surface area contributed by atoms with Crippen LogP contribution < -0.4 is 11.1 Å². The molecule has 0 atom stereocenters. The number of oxazole rings is 2. The van der Waals surface area contributed by atoms with E-state index in [1.54, 1.807) is 62.6 Å². The fraction of sp³-hybridized carbons (Fsp3) is 0.0625. The van der Waals surface area contributed by atoms with Gasteiger partial charge < -0.3 is 19.9 Å². The number of anilines is 2. The number of carbonyl (C=O) groups is 1. The summed E-state index contributed by atoms with van der Waals surface area (Å²) in [5, 5.41) is 3.67. The molecule has 0 aliphatic heterocycles. The summed E-state index contributed by atoms with van der Waals surface area (Å²) in [6, 6.07) is 15.4. The normalized spacial score (nSPS) is 11.0. The molecule has 10 nitrogen and oxygen atoms in total. The zero-order valence-electron chi connectivity index (χ0n) is 23.7. The van der Waals surface area contributed by atoms with Gasteiger partial charge in [0.05, 0.1) is 21.8 Å². The van der Waals surface area contributed by atoms with Gasteiger partial charge in [0.25, 0.3) is 5.91 Å². The molecule has 5 heterocycles.